The number of hydrogen-bond donors (Lipinski definition) is 2. The first kappa shape index (κ1) is 15.8. The Bertz CT molecular complexity index is 1210. The van der Waals surface area contributed by atoms with Crippen LogP contribution in [0, 0.1) is 6.92 Å². The number of fused-ring (bicyclic) bond motifs is 2. The minimum atomic E-state index is -0.602. The Morgan fingerprint density at radius 3 is 2.96 bits per heavy atom. The Hall–Kier alpha value is -3.68. The largest absolute Gasteiger partial charge is 0.508 e. The predicted molar refractivity (Wildman–Crippen MR) is 94.2 cm³/mol. The van der Waals surface area contributed by atoms with Crippen molar-refractivity contribution in [3.05, 3.63) is 64.3 Å². The van der Waals surface area contributed by atoms with Crippen LogP contribution in [0.3, 0.4) is 0 Å². The van der Waals surface area contributed by atoms with E-state index in [2.05, 4.69) is 15.4 Å². The lowest BCUT2D eigenvalue weighted by Gasteiger charge is -2.09. The Kier molecular flexibility index (Phi) is 3.65. The summed E-state index contributed by atoms with van der Waals surface area (Å²) in [7, 11) is 0. The number of aryl methyl sites for hydroxylation is 1. The number of nitrogens with one attached hydrogen (secondary N) is 1. The van der Waals surface area contributed by atoms with Gasteiger partial charge in [-0.2, -0.15) is 9.61 Å². The van der Waals surface area contributed by atoms with Gasteiger partial charge < -0.3 is 14.8 Å². The minimum absolute atomic E-state index is 0.00599. The van der Waals surface area contributed by atoms with Gasteiger partial charge in [-0.05, 0) is 30.7 Å². The third kappa shape index (κ3) is 2.67. The molecule has 0 aliphatic rings. The van der Waals surface area contributed by atoms with Crippen molar-refractivity contribution in [2.75, 3.05) is 5.32 Å². The Balaban J connectivity index is 1.66. The lowest BCUT2D eigenvalue weighted by atomic mass is 10.0. The highest BCUT2D eigenvalue weighted by Gasteiger charge is 2.16. The summed E-state index contributed by atoms with van der Waals surface area (Å²) in [6.45, 7) is 1.75. The number of benzene rings is 1. The van der Waals surface area contributed by atoms with Crippen molar-refractivity contribution < 1.29 is 14.3 Å². The summed E-state index contributed by atoms with van der Waals surface area (Å²) < 4.78 is 6.74. The van der Waals surface area contributed by atoms with E-state index in [-0.39, 0.29) is 29.2 Å². The van der Waals surface area contributed by atoms with Crippen LogP contribution in [0.15, 0.2) is 51.9 Å². The van der Waals surface area contributed by atoms with Gasteiger partial charge in [-0.3, -0.25) is 4.79 Å². The van der Waals surface area contributed by atoms with Crippen LogP contribution in [0.4, 0.5) is 5.82 Å². The van der Waals surface area contributed by atoms with Gasteiger partial charge in [0.2, 0.25) is 5.91 Å². The monoisotopic (exact) mass is 350 g/mol. The van der Waals surface area contributed by atoms with E-state index in [1.807, 2.05) is 0 Å². The van der Waals surface area contributed by atoms with E-state index in [0.717, 1.165) is 0 Å². The first-order valence-electron chi connectivity index (χ1n) is 7.87. The smallest absolute Gasteiger partial charge is 0.340 e. The molecule has 0 radical (unpaired) electrons. The minimum Gasteiger partial charge on any atom is -0.508 e. The molecule has 0 unspecified atom stereocenters. The second-order valence-corrected chi connectivity index (χ2v) is 5.83. The molecule has 0 aliphatic carbocycles. The van der Waals surface area contributed by atoms with Crippen LogP contribution >= 0.6 is 0 Å². The molecule has 26 heavy (non-hydrogen) atoms. The van der Waals surface area contributed by atoms with Crippen LogP contribution in [0.2, 0.25) is 0 Å². The average molecular weight is 350 g/mol. The molecule has 2 N–H and O–H groups in total. The van der Waals surface area contributed by atoms with Crippen molar-refractivity contribution >= 4 is 28.3 Å². The highest BCUT2D eigenvalue weighted by atomic mass is 16.4. The van der Waals surface area contributed by atoms with Gasteiger partial charge in [0.05, 0.1) is 18.2 Å². The Labute approximate surface area is 146 Å². The fourth-order valence-electron chi connectivity index (χ4n) is 2.86. The van der Waals surface area contributed by atoms with Crippen LogP contribution in [0.1, 0.15) is 11.1 Å². The van der Waals surface area contributed by atoms with Crippen LogP contribution in [-0.4, -0.2) is 25.6 Å². The summed E-state index contributed by atoms with van der Waals surface area (Å²) in [5, 5.41) is 17.0. The number of nitrogens with zero attached hydrogens (tertiary/aromatic N) is 3. The first-order chi connectivity index (χ1) is 12.5. The van der Waals surface area contributed by atoms with Crippen molar-refractivity contribution in [1.29, 1.82) is 0 Å². The summed E-state index contributed by atoms with van der Waals surface area (Å²) in [6.07, 6.45) is 3.00. The number of aromatic hydroxyl groups is 1. The lowest BCUT2D eigenvalue weighted by Crippen LogP contribution is -2.22. The second kappa shape index (κ2) is 5.99. The zero-order chi connectivity index (χ0) is 18.3. The van der Waals surface area contributed by atoms with Crippen molar-refractivity contribution in [3.8, 4) is 5.75 Å². The molecule has 0 bridgehead atoms. The van der Waals surface area contributed by atoms with E-state index in [9.17, 15) is 14.7 Å². The number of aromatic nitrogens is 3. The van der Waals surface area contributed by atoms with E-state index < -0.39 is 5.63 Å². The second-order valence-electron chi connectivity index (χ2n) is 5.83. The van der Waals surface area contributed by atoms with Gasteiger partial charge in [-0.25, -0.2) is 9.78 Å². The molecule has 0 saturated carbocycles. The number of carbonyl (C=O) groups is 1. The number of phenols is 1. The Morgan fingerprint density at radius 1 is 1.27 bits per heavy atom. The molecule has 0 spiro atoms. The molecule has 3 aromatic heterocycles. The maximum atomic E-state index is 12.4. The normalized spacial score (nSPS) is 11.1. The van der Waals surface area contributed by atoms with E-state index in [1.165, 1.54) is 16.6 Å². The van der Waals surface area contributed by atoms with E-state index >= 15 is 0 Å². The topological polar surface area (TPSA) is 110 Å². The molecular weight excluding hydrogens is 336 g/mol. The summed E-state index contributed by atoms with van der Waals surface area (Å²) in [6, 6.07) is 7.87. The molecule has 4 aromatic rings. The molecule has 0 aliphatic heterocycles. The van der Waals surface area contributed by atoms with Gasteiger partial charge in [0.25, 0.3) is 0 Å². The number of carbonyl (C=O) groups excluding carboxylic acids is 1. The molecule has 1 amide bonds. The fourth-order valence-corrected chi connectivity index (χ4v) is 2.86. The van der Waals surface area contributed by atoms with Crippen molar-refractivity contribution in [1.82, 2.24) is 14.6 Å². The summed E-state index contributed by atoms with van der Waals surface area (Å²) >= 11 is 0. The van der Waals surface area contributed by atoms with Crippen LogP contribution in [0.25, 0.3) is 16.6 Å². The predicted octanol–water partition coefficient (Wildman–Crippen LogP) is 2.03. The van der Waals surface area contributed by atoms with E-state index in [0.29, 0.717) is 22.4 Å². The third-order valence-corrected chi connectivity index (χ3v) is 4.17. The molecule has 8 nitrogen and oxygen atoms in total. The number of phenolic OH excluding ortho intramolecular Hbond substituents is 1. The summed E-state index contributed by atoms with van der Waals surface area (Å²) in [5.74, 6) is 0.0887. The number of rotatable bonds is 3. The van der Waals surface area contributed by atoms with Crippen LogP contribution in [-0.2, 0) is 11.2 Å². The fraction of sp³-hybridized carbons (Fsp3) is 0.111. The van der Waals surface area contributed by atoms with Gasteiger partial charge in [-0.1, -0.05) is 0 Å². The average Bonchev–Trinajstić information content (AvgIpc) is 3.08. The van der Waals surface area contributed by atoms with E-state index in [4.69, 9.17) is 4.42 Å². The van der Waals surface area contributed by atoms with Gasteiger partial charge in [0.1, 0.15) is 17.2 Å². The maximum absolute atomic E-state index is 12.4. The Morgan fingerprint density at radius 2 is 2.12 bits per heavy atom. The van der Waals surface area contributed by atoms with Crippen LogP contribution < -0.4 is 10.9 Å². The SMILES string of the molecule is Cc1c(CC(=O)Nc2ccnc3ccnn23)c(=O)oc2cc(O)ccc12. The van der Waals surface area contributed by atoms with Gasteiger partial charge in [-0.15, -0.1) is 0 Å². The molecule has 0 saturated heterocycles. The van der Waals surface area contributed by atoms with E-state index in [1.54, 1.807) is 37.5 Å². The zero-order valence-corrected chi connectivity index (χ0v) is 13.8. The van der Waals surface area contributed by atoms with Gasteiger partial charge in [0, 0.05) is 23.7 Å². The highest BCUT2D eigenvalue weighted by Crippen LogP contribution is 2.23. The molecule has 4 rings (SSSR count). The highest BCUT2D eigenvalue weighted by molar-refractivity contribution is 5.93. The zero-order valence-electron chi connectivity index (χ0n) is 13.8. The summed E-state index contributed by atoms with van der Waals surface area (Å²) in [4.78, 5) is 28.8. The number of anilines is 1. The summed E-state index contributed by atoms with van der Waals surface area (Å²) in [5.41, 5.74) is 1.19. The molecule has 0 atom stereocenters. The van der Waals surface area contributed by atoms with Crippen LogP contribution in [0.5, 0.6) is 5.75 Å². The standard InChI is InChI=1S/C18H14N4O4/c1-10-12-3-2-11(23)8-14(12)26-18(25)13(10)9-17(24)21-16-4-6-19-15-5-7-20-22(15)16/h2-8,23H,9H2,1H3,(H,21,24). The molecule has 3 heterocycles. The molecule has 1 aromatic carbocycles. The van der Waals surface area contributed by atoms with Crippen molar-refractivity contribution in [3.63, 3.8) is 0 Å². The van der Waals surface area contributed by atoms with Crippen molar-refractivity contribution in [2.24, 2.45) is 0 Å². The quantitative estimate of drug-likeness (QED) is 0.547. The maximum Gasteiger partial charge on any atom is 0.340 e. The first-order valence-corrected chi connectivity index (χ1v) is 7.87. The number of amides is 1. The van der Waals surface area contributed by atoms with Gasteiger partial charge in [0.15, 0.2) is 5.65 Å². The van der Waals surface area contributed by atoms with Gasteiger partial charge >= 0.3 is 5.63 Å². The lowest BCUT2D eigenvalue weighted by molar-refractivity contribution is -0.115. The molecule has 0 fully saturated rings. The third-order valence-electron chi connectivity index (χ3n) is 4.17. The molecule has 130 valence electrons. The molecular formula is C18H14N4O4. The van der Waals surface area contributed by atoms with Crippen molar-refractivity contribution in [2.45, 2.75) is 13.3 Å². The number of hydrogen-bond acceptors (Lipinski definition) is 6. The molecule has 8 heteroatoms.